The third-order valence-electron chi connectivity index (χ3n) is 6.71. The first-order valence-electron chi connectivity index (χ1n) is 11.3. The summed E-state index contributed by atoms with van der Waals surface area (Å²) in [7, 11) is 0. The van der Waals surface area contributed by atoms with E-state index in [2.05, 4.69) is 10.2 Å². The SMILES string of the molecule is O=C(C1CC1)N1CCN(CN2C(=O)NC(Cc3ccccc3)(c3ccccc3)C2=O)CC1. The summed E-state index contributed by atoms with van der Waals surface area (Å²) in [5.41, 5.74) is 0.646. The lowest BCUT2D eigenvalue weighted by Crippen LogP contribution is -2.53. The van der Waals surface area contributed by atoms with E-state index in [1.165, 1.54) is 4.90 Å². The fraction of sp³-hybridized carbons (Fsp3) is 0.400. The van der Waals surface area contributed by atoms with Crippen molar-refractivity contribution in [3.63, 3.8) is 0 Å². The molecule has 2 saturated heterocycles. The number of rotatable bonds is 6. The number of nitrogens with zero attached hydrogens (tertiary/aromatic N) is 3. The molecule has 3 fully saturated rings. The van der Waals surface area contributed by atoms with E-state index in [1.54, 1.807) is 0 Å². The minimum Gasteiger partial charge on any atom is -0.340 e. The van der Waals surface area contributed by atoms with E-state index in [4.69, 9.17) is 0 Å². The topological polar surface area (TPSA) is 73.0 Å². The van der Waals surface area contributed by atoms with Crippen LogP contribution in [0, 0.1) is 5.92 Å². The monoisotopic (exact) mass is 432 g/mol. The Morgan fingerprint density at radius 1 is 0.906 bits per heavy atom. The third kappa shape index (κ3) is 3.88. The molecule has 5 rings (SSSR count). The Labute approximate surface area is 188 Å². The van der Waals surface area contributed by atoms with Gasteiger partial charge in [0.1, 0.15) is 0 Å². The molecule has 7 heteroatoms. The number of piperazine rings is 1. The van der Waals surface area contributed by atoms with Gasteiger partial charge in [-0.05, 0) is 24.0 Å². The highest BCUT2D eigenvalue weighted by atomic mass is 16.2. The van der Waals surface area contributed by atoms with Crippen LogP contribution in [-0.2, 0) is 21.5 Å². The zero-order chi connectivity index (χ0) is 22.1. The summed E-state index contributed by atoms with van der Waals surface area (Å²) in [4.78, 5) is 44.4. The average molecular weight is 433 g/mol. The highest BCUT2D eigenvalue weighted by Crippen LogP contribution is 2.34. The lowest BCUT2D eigenvalue weighted by molar-refractivity contribution is -0.137. The Morgan fingerprint density at radius 2 is 1.53 bits per heavy atom. The van der Waals surface area contributed by atoms with Crippen LogP contribution in [0.25, 0.3) is 0 Å². The predicted molar refractivity (Wildman–Crippen MR) is 119 cm³/mol. The molecular weight excluding hydrogens is 404 g/mol. The van der Waals surface area contributed by atoms with Gasteiger partial charge in [-0.25, -0.2) is 9.69 Å². The summed E-state index contributed by atoms with van der Waals surface area (Å²) in [6, 6.07) is 18.9. The van der Waals surface area contributed by atoms with Crippen LogP contribution in [0.5, 0.6) is 0 Å². The summed E-state index contributed by atoms with van der Waals surface area (Å²) >= 11 is 0. The van der Waals surface area contributed by atoms with Gasteiger partial charge >= 0.3 is 6.03 Å². The molecule has 2 heterocycles. The maximum absolute atomic E-state index is 13.7. The van der Waals surface area contributed by atoms with E-state index in [-0.39, 0.29) is 30.4 Å². The fourth-order valence-corrected chi connectivity index (χ4v) is 4.69. The quantitative estimate of drug-likeness (QED) is 0.711. The zero-order valence-electron chi connectivity index (χ0n) is 18.1. The molecule has 7 nitrogen and oxygen atoms in total. The maximum atomic E-state index is 13.7. The van der Waals surface area contributed by atoms with Crippen molar-refractivity contribution in [3.05, 3.63) is 71.8 Å². The number of benzene rings is 2. The van der Waals surface area contributed by atoms with Gasteiger partial charge < -0.3 is 10.2 Å². The molecule has 1 atom stereocenters. The Morgan fingerprint density at radius 3 is 2.16 bits per heavy atom. The molecular formula is C25H28N4O3. The Hall–Kier alpha value is -3.19. The number of carbonyl (C=O) groups excluding carboxylic acids is 3. The predicted octanol–water partition coefficient (Wildman–Crippen LogP) is 2.19. The molecule has 32 heavy (non-hydrogen) atoms. The van der Waals surface area contributed by atoms with E-state index in [9.17, 15) is 14.4 Å². The molecule has 0 spiro atoms. The maximum Gasteiger partial charge on any atom is 0.326 e. The van der Waals surface area contributed by atoms with Crippen LogP contribution in [0.1, 0.15) is 24.0 Å². The minimum absolute atomic E-state index is 0.219. The van der Waals surface area contributed by atoms with Crippen LogP contribution in [0.2, 0.25) is 0 Å². The standard InChI is InChI=1S/C25H28N4O3/c30-22(20-11-12-20)28-15-13-27(14-16-28)18-29-23(31)25(26-24(29)32,21-9-5-2-6-10-21)17-19-7-3-1-4-8-19/h1-10,20H,11-18H2,(H,26,32). The van der Waals surface area contributed by atoms with Gasteiger partial charge in [-0.15, -0.1) is 0 Å². The molecule has 1 aliphatic carbocycles. The van der Waals surface area contributed by atoms with Crippen molar-refractivity contribution in [2.45, 2.75) is 24.8 Å². The van der Waals surface area contributed by atoms with Crippen LogP contribution in [0.15, 0.2) is 60.7 Å². The molecule has 166 valence electrons. The van der Waals surface area contributed by atoms with Gasteiger partial charge in [0.2, 0.25) is 5.91 Å². The summed E-state index contributed by atoms with van der Waals surface area (Å²) in [5, 5.41) is 3.02. The smallest absolute Gasteiger partial charge is 0.326 e. The molecule has 1 saturated carbocycles. The van der Waals surface area contributed by atoms with Crippen molar-refractivity contribution in [1.82, 2.24) is 20.0 Å². The van der Waals surface area contributed by atoms with E-state index < -0.39 is 5.54 Å². The first kappa shape index (κ1) is 20.7. The zero-order valence-corrected chi connectivity index (χ0v) is 18.1. The van der Waals surface area contributed by atoms with Crippen molar-refractivity contribution in [2.24, 2.45) is 5.92 Å². The number of hydrogen-bond acceptors (Lipinski definition) is 4. The van der Waals surface area contributed by atoms with Crippen molar-refractivity contribution in [3.8, 4) is 0 Å². The number of carbonyl (C=O) groups is 3. The highest BCUT2D eigenvalue weighted by molar-refractivity contribution is 6.07. The molecule has 1 N–H and O–H groups in total. The second-order valence-corrected chi connectivity index (χ2v) is 8.96. The van der Waals surface area contributed by atoms with E-state index in [1.807, 2.05) is 65.6 Å². The number of nitrogens with one attached hydrogen (secondary N) is 1. The largest absolute Gasteiger partial charge is 0.340 e. The summed E-state index contributed by atoms with van der Waals surface area (Å²) in [6.45, 7) is 2.85. The molecule has 0 aromatic heterocycles. The van der Waals surface area contributed by atoms with Gasteiger partial charge in [0, 0.05) is 38.5 Å². The van der Waals surface area contributed by atoms with Crippen LogP contribution in [0.3, 0.4) is 0 Å². The van der Waals surface area contributed by atoms with Gasteiger partial charge in [0.25, 0.3) is 5.91 Å². The molecule has 2 aromatic carbocycles. The van der Waals surface area contributed by atoms with Crippen molar-refractivity contribution in [2.75, 3.05) is 32.8 Å². The van der Waals surface area contributed by atoms with Crippen LogP contribution in [-0.4, -0.2) is 65.4 Å². The number of hydrogen-bond donors (Lipinski definition) is 1. The Kier molecular flexibility index (Phi) is 5.43. The molecule has 1 unspecified atom stereocenters. The first-order chi connectivity index (χ1) is 15.6. The summed E-state index contributed by atoms with van der Waals surface area (Å²) in [6.07, 6.45) is 2.40. The molecule has 0 radical (unpaired) electrons. The molecule has 0 bridgehead atoms. The van der Waals surface area contributed by atoms with Gasteiger partial charge in [-0.2, -0.15) is 0 Å². The lowest BCUT2D eigenvalue weighted by Gasteiger charge is -2.36. The molecule has 4 amide bonds. The van der Waals surface area contributed by atoms with Gasteiger partial charge in [0.15, 0.2) is 5.54 Å². The molecule has 3 aliphatic rings. The van der Waals surface area contributed by atoms with Gasteiger partial charge in [-0.3, -0.25) is 14.5 Å². The second kappa shape index (κ2) is 8.39. The summed E-state index contributed by atoms with van der Waals surface area (Å²) in [5.74, 6) is 0.247. The summed E-state index contributed by atoms with van der Waals surface area (Å²) < 4.78 is 0. The van der Waals surface area contributed by atoms with Crippen LogP contribution < -0.4 is 5.32 Å². The molecule has 2 aliphatic heterocycles. The van der Waals surface area contributed by atoms with Crippen molar-refractivity contribution < 1.29 is 14.4 Å². The number of urea groups is 1. The number of imide groups is 1. The third-order valence-corrected chi connectivity index (χ3v) is 6.71. The second-order valence-electron chi connectivity index (χ2n) is 8.96. The van der Waals surface area contributed by atoms with E-state index in [0.29, 0.717) is 32.6 Å². The van der Waals surface area contributed by atoms with Crippen molar-refractivity contribution >= 4 is 17.8 Å². The molecule has 2 aromatic rings. The van der Waals surface area contributed by atoms with Crippen LogP contribution in [0.4, 0.5) is 4.79 Å². The van der Waals surface area contributed by atoms with E-state index >= 15 is 0 Å². The Balaban J connectivity index is 1.33. The Bertz CT molecular complexity index is 1000. The van der Waals surface area contributed by atoms with E-state index in [0.717, 1.165) is 24.0 Å². The van der Waals surface area contributed by atoms with Crippen molar-refractivity contribution in [1.29, 1.82) is 0 Å². The van der Waals surface area contributed by atoms with Gasteiger partial charge in [-0.1, -0.05) is 60.7 Å². The van der Waals surface area contributed by atoms with Crippen LogP contribution >= 0.6 is 0 Å². The first-order valence-corrected chi connectivity index (χ1v) is 11.3. The minimum atomic E-state index is -1.12. The van der Waals surface area contributed by atoms with Gasteiger partial charge in [0.05, 0.1) is 6.67 Å². The normalized spacial score (nSPS) is 24.0. The fourth-order valence-electron chi connectivity index (χ4n) is 4.69. The number of amides is 4. The highest BCUT2D eigenvalue weighted by Gasteiger charge is 2.52. The average Bonchev–Trinajstić information content (AvgIpc) is 3.65. The lowest BCUT2D eigenvalue weighted by atomic mass is 9.83.